The number of fused-ring (bicyclic) bond motifs is 1. The highest BCUT2D eigenvalue weighted by molar-refractivity contribution is 5.94. The second-order valence-electron chi connectivity index (χ2n) is 12.5. The van der Waals surface area contributed by atoms with E-state index in [0.29, 0.717) is 18.5 Å². The Morgan fingerprint density at radius 2 is 1.64 bits per heavy atom. The summed E-state index contributed by atoms with van der Waals surface area (Å²) in [6, 6.07) is 12.6. The first-order valence-corrected chi connectivity index (χ1v) is 16.2. The Balaban J connectivity index is 1.11. The van der Waals surface area contributed by atoms with Gasteiger partial charge in [-0.05, 0) is 87.6 Å². The Morgan fingerprint density at radius 1 is 0.952 bits per heavy atom. The SMILES string of the molecule is C[C@H](NCCCCCCCCCCc1ccc(-c2c(C#N)c3ccc(C4CC4)cc3n2C2CCCC2)nc1)C(F)(F)F. The van der Waals surface area contributed by atoms with Crippen molar-refractivity contribution in [1.82, 2.24) is 14.9 Å². The summed E-state index contributed by atoms with van der Waals surface area (Å²) in [5.74, 6) is 0.680. The van der Waals surface area contributed by atoms with Gasteiger partial charge in [-0.2, -0.15) is 18.4 Å². The Morgan fingerprint density at radius 3 is 2.26 bits per heavy atom. The van der Waals surface area contributed by atoms with Crippen molar-refractivity contribution in [3.63, 3.8) is 0 Å². The number of rotatable bonds is 15. The molecular weight excluding hydrogens is 533 g/mol. The molecule has 7 heteroatoms. The molecule has 0 radical (unpaired) electrons. The van der Waals surface area contributed by atoms with Crippen LogP contribution >= 0.6 is 0 Å². The lowest BCUT2D eigenvalue weighted by atomic mass is 10.0. The van der Waals surface area contributed by atoms with Crippen LogP contribution in [0.1, 0.15) is 125 Å². The third-order valence-corrected chi connectivity index (χ3v) is 9.28. The van der Waals surface area contributed by atoms with Gasteiger partial charge < -0.3 is 9.88 Å². The fraction of sp³-hybridized carbons (Fsp3) is 0.600. The van der Waals surface area contributed by atoms with Gasteiger partial charge in [0.1, 0.15) is 12.1 Å². The molecule has 0 unspecified atom stereocenters. The highest BCUT2D eigenvalue weighted by atomic mass is 19.4. The summed E-state index contributed by atoms with van der Waals surface area (Å²) < 4.78 is 40.0. The van der Waals surface area contributed by atoms with Crippen LogP contribution in [-0.4, -0.2) is 28.3 Å². The van der Waals surface area contributed by atoms with Gasteiger partial charge >= 0.3 is 6.18 Å². The van der Waals surface area contributed by atoms with Gasteiger partial charge in [-0.1, -0.05) is 69.6 Å². The van der Waals surface area contributed by atoms with Crippen LogP contribution in [0.2, 0.25) is 0 Å². The zero-order chi connectivity index (χ0) is 29.5. The van der Waals surface area contributed by atoms with Crippen LogP contribution in [0.15, 0.2) is 36.5 Å². The fourth-order valence-electron chi connectivity index (χ4n) is 6.57. The number of aryl methyl sites for hydroxylation is 1. The number of nitrogens with zero attached hydrogens (tertiary/aromatic N) is 3. The lowest BCUT2D eigenvalue weighted by Gasteiger charge is -2.18. The summed E-state index contributed by atoms with van der Waals surface area (Å²) in [5, 5.41) is 13.9. The molecule has 2 aliphatic rings. The lowest BCUT2D eigenvalue weighted by Crippen LogP contribution is -2.39. The van der Waals surface area contributed by atoms with Gasteiger partial charge in [0.15, 0.2) is 0 Å². The number of benzene rings is 1. The molecule has 1 atom stereocenters. The number of hydrogen-bond donors (Lipinski definition) is 1. The zero-order valence-corrected chi connectivity index (χ0v) is 25.0. The minimum absolute atomic E-state index is 0.426. The summed E-state index contributed by atoms with van der Waals surface area (Å²) in [6.07, 6.45) is 14.8. The molecule has 1 N–H and O–H groups in total. The van der Waals surface area contributed by atoms with Crippen LogP contribution in [0.3, 0.4) is 0 Å². The monoisotopic (exact) mass is 578 g/mol. The van der Waals surface area contributed by atoms with Gasteiger partial charge in [0.2, 0.25) is 0 Å². The highest BCUT2D eigenvalue weighted by Gasteiger charge is 2.35. The van der Waals surface area contributed by atoms with Gasteiger partial charge in [0.05, 0.1) is 22.5 Å². The molecule has 2 fully saturated rings. The molecule has 4 nitrogen and oxygen atoms in total. The first kappa shape index (κ1) is 30.6. The molecule has 42 heavy (non-hydrogen) atoms. The van der Waals surface area contributed by atoms with E-state index in [1.54, 1.807) is 0 Å². The molecule has 0 amide bonds. The molecule has 2 aliphatic carbocycles. The largest absolute Gasteiger partial charge is 0.403 e. The Bertz CT molecular complexity index is 1340. The molecule has 0 bridgehead atoms. The number of alkyl halides is 3. The quantitative estimate of drug-likeness (QED) is 0.183. The number of hydrogen-bond acceptors (Lipinski definition) is 3. The van der Waals surface area contributed by atoms with Crippen LogP contribution < -0.4 is 5.32 Å². The minimum Gasteiger partial charge on any atom is -0.335 e. The van der Waals surface area contributed by atoms with E-state index in [-0.39, 0.29) is 0 Å². The lowest BCUT2D eigenvalue weighted by molar-refractivity contribution is -0.151. The van der Waals surface area contributed by atoms with E-state index in [4.69, 9.17) is 4.98 Å². The average molecular weight is 579 g/mol. The summed E-state index contributed by atoms with van der Waals surface area (Å²) in [5.41, 5.74) is 6.49. The first-order valence-electron chi connectivity index (χ1n) is 16.2. The molecular formula is C35H45F3N4. The Kier molecular flexibility index (Phi) is 10.3. The van der Waals surface area contributed by atoms with Gasteiger partial charge in [0, 0.05) is 17.6 Å². The molecule has 0 aliphatic heterocycles. The van der Waals surface area contributed by atoms with Gasteiger partial charge in [-0.15, -0.1) is 0 Å². The predicted molar refractivity (Wildman–Crippen MR) is 164 cm³/mol. The molecule has 5 rings (SSSR count). The maximum atomic E-state index is 12.5. The van der Waals surface area contributed by atoms with E-state index < -0.39 is 12.2 Å². The smallest absolute Gasteiger partial charge is 0.335 e. The van der Waals surface area contributed by atoms with Crippen molar-refractivity contribution in [1.29, 1.82) is 5.26 Å². The third kappa shape index (κ3) is 7.56. The van der Waals surface area contributed by atoms with E-state index in [9.17, 15) is 18.4 Å². The molecule has 3 aromatic rings. The van der Waals surface area contributed by atoms with Gasteiger partial charge in [-0.3, -0.25) is 4.98 Å². The Hall–Kier alpha value is -2.85. The number of nitriles is 1. The van der Waals surface area contributed by atoms with Crippen LogP contribution in [0, 0.1) is 11.3 Å². The maximum Gasteiger partial charge on any atom is 0.403 e. The highest BCUT2D eigenvalue weighted by Crippen LogP contribution is 2.45. The van der Waals surface area contributed by atoms with Crippen molar-refractivity contribution in [2.24, 2.45) is 0 Å². The maximum absolute atomic E-state index is 12.5. The van der Waals surface area contributed by atoms with Gasteiger partial charge in [0.25, 0.3) is 0 Å². The van der Waals surface area contributed by atoms with Crippen molar-refractivity contribution < 1.29 is 13.2 Å². The van der Waals surface area contributed by atoms with Gasteiger partial charge in [-0.25, -0.2) is 0 Å². The number of aromatic nitrogens is 2. The van der Waals surface area contributed by atoms with Crippen molar-refractivity contribution in [3.05, 3.63) is 53.2 Å². The summed E-state index contributed by atoms with van der Waals surface area (Å²) in [6.45, 7) is 1.60. The second kappa shape index (κ2) is 14.1. The first-order chi connectivity index (χ1) is 20.4. The molecule has 1 aromatic carbocycles. The van der Waals surface area contributed by atoms with E-state index in [2.05, 4.69) is 46.3 Å². The molecule has 0 saturated heterocycles. The molecule has 226 valence electrons. The predicted octanol–water partition coefficient (Wildman–Crippen LogP) is 9.77. The topological polar surface area (TPSA) is 53.6 Å². The number of nitrogens with one attached hydrogen (secondary N) is 1. The van der Waals surface area contributed by atoms with E-state index in [1.165, 1.54) is 68.5 Å². The fourth-order valence-corrected chi connectivity index (χ4v) is 6.57. The van der Waals surface area contributed by atoms with Crippen molar-refractivity contribution in [3.8, 4) is 17.5 Å². The van der Waals surface area contributed by atoms with Crippen LogP contribution in [0.25, 0.3) is 22.3 Å². The zero-order valence-electron chi connectivity index (χ0n) is 25.0. The normalized spacial score (nSPS) is 16.7. The van der Waals surface area contributed by atoms with Crippen LogP contribution in [0.5, 0.6) is 0 Å². The summed E-state index contributed by atoms with van der Waals surface area (Å²) >= 11 is 0. The minimum atomic E-state index is -4.16. The number of halogens is 3. The van der Waals surface area contributed by atoms with Crippen molar-refractivity contribution in [2.75, 3.05) is 6.54 Å². The van der Waals surface area contributed by atoms with Crippen LogP contribution in [0.4, 0.5) is 13.2 Å². The molecule has 2 saturated carbocycles. The Labute approximate surface area is 248 Å². The number of unbranched alkanes of at least 4 members (excludes halogenated alkanes) is 7. The average Bonchev–Trinajstić information content (AvgIpc) is 3.59. The second-order valence-corrected chi connectivity index (χ2v) is 12.5. The molecule has 2 aromatic heterocycles. The molecule has 0 spiro atoms. The summed E-state index contributed by atoms with van der Waals surface area (Å²) in [4.78, 5) is 4.90. The standard InChI is InChI=1S/C35H45F3N4/c1-25(35(36,37)38)40-21-11-7-5-3-2-4-6-8-12-26-15-20-32(41-24-26)34-31(23-39)30-19-18-28(27-16-17-27)22-33(30)42(34)29-13-9-10-14-29/h15,18-20,22,24-25,27,29,40H,2-14,16-17,21H2,1H3/t25-/m0/s1. The van der Waals surface area contributed by atoms with Crippen LogP contribution in [-0.2, 0) is 6.42 Å². The van der Waals surface area contributed by atoms with E-state index in [1.807, 2.05) is 6.20 Å². The van der Waals surface area contributed by atoms with Crippen molar-refractivity contribution >= 4 is 10.9 Å². The third-order valence-electron chi connectivity index (χ3n) is 9.28. The molecule has 2 heterocycles. The van der Waals surface area contributed by atoms with E-state index >= 15 is 0 Å². The number of pyridine rings is 1. The summed E-state index contributed by atoms with van der Waals surface area (Å²) in [7, 11) is 0. The van der Waals surface area contributed by atoms with E-state index in [0.717, 1.165) is 73.7 Å². The van der Waals surface area contributed by atoms with Crippen molar-refractivity contribution in [2.45, 2.75) is 127 Å².